The van der Waals surface area contributed by atoms with E-state index in [-0.39, 0.29) is 18.9 Å². The fraction of sp³-hybridized carbons (Fsp3) is 0.182. The molecule has 3 rings (SSSR count). The van der Waals surface area contributed by atoms with Crippen LogP contribution in [-0.2, 0) is 9.47 Å². The van der Waals surface area contributed by atoms with Gasteiger partial charge in [-0.25, -0.2) is 9.59 Å². The highest BCUT2D eigenvalue weighted by Gasteiger charge is 2.24. The minimum Gasteiger partial charge on any atom is -0.462 e. The van der Waals surface area contributed by atoms with Crippen LogP contribution >= 0.6 is 0 Å². The number of ether oxygens (including phenoxy) is 2. The molecular formula is C22H21NO4. The van der Waals surface area contributed by atoms with Crippen molar-refractivity contribution in [2.45, 2.75) is 13.8 Å². The molecule has 0 saturated carbocycles. The summed E-state index contributed by atoms with van der Waals surface area (Å²) in [6.45, 7) is 3.98. The molecular weight excluding hydrogens is 342 g/mol. The molecule has 0 aliphatic rings. The van der Waals surface area contributed by atoms with E-state index in [2.05, 4.69) is 4.98 Å². The molecule has 0 amide bonds. The van der Waals surface area contributed by atoms with Gasteiger partial charge in [0.25, 0.3) is 0 Å². The zero-order valence-electron chi connectivity index (χ0n) is 15.3. The van der Waals surface area contributed by atoms with Gasteiger partial charge in [-0.15, -0.1) is 0 Å². The second kappa shape index (κ2) is 8.36. The van der Waals surface area contributed by atoms with E-state index >= 15 is 0 Å². The SMILES string of the molecule is CCOC(=O)c1c[nH]c(C(=O)OCC)c1-c1ccc(-c2ccccc2)cc1. The number of hydrogen-bond acceptors (Lipinski definition) is 4. The van der Waals surface area contributed by atoms with Gasteiger partial charge in [0.2, 0.25) is 0 Å². The summed E-state index contributed by atoms with van der Waals surface area (Å²) in [5, 5.41) is 0. The lowest BCUT2D eigenvalue weighted by Gasteiger charge is -2.09. The number of carbonyl (C=O) groups excluding carboxylic acids is 2. The second-order valence-corrected chi connectivity index (χ2v) is 5.84. The molecule has 5 nitrogen and oxygen atoms in total. The summed E-state index contributed by atoms with van der Waals surface area (Å²) < 4.78 is 10.2. The van der Waals surface area contributed by atoms with E-state index in [4.69, 9.17) is 9.47 Å². The number of H-pyrrole nitrogens is 1. The van der Waals surface area contributed by atoms with Crippen LogP contribution < -0.4 is 0 Å². The normalized spacial score (nSPS) is 10.4. The van der Waals surface area contributed by atoms with Gasteiger partial charge in [-0.3, -0.25) is 0 Å². The number of aromatic nitrogens is 1. The van der Waals surface area contributed by atoms with Crippen LogP contribution in [0.2, 0.25) is 0 Å². The van der Waals surface area contributed by atoms with Crippen molar-refractivity contribution in [1.82, 2.24) is 4.98 Å². The van der Waals surface area contributed by atoms with Gasteiger partial charge in [0.05, 0.1) is 18.8 Å². The number of esters is 2. The Bertz CT molecular complexity index is 891. The van der Waals surface area contributed by atoms with Gasteiger partial charge in [-0.1, -0.05) is 54.6 Å². The first-order valence-electron chi connectivity index (χ1n) is 8.87. The first-order chi connectivity index (χ1) is 13.2. The first-order valence-corrected chi connectivity index (χ1v) is 8.87. The van der Waals surface area contributed by atoms with Crippen molar-refractivity contribution in [3.8, 4) is 22.3 Å². The maximum atomic E-state index is 12.3. The maximum absolute atomic E-state index is 12.3. The average Bonchev–Trinajstić information content (AvgIpc) is 3.14. The zero-order chi connectivity index (χ0) is 19.2. The van der Waals surface area contributed by atoms with E-state index in [0.717, 1.165) is 16.7 Å². The van der Waals surface area contributed by atoms with E-state index in [1.807, 2.05) is 54.6 Å². The predicted molar refractivity (Wildman–Crippen MR) is 104 cm³/mol. The largest absolute Gasteiger partial charge is 0.462 e. The van der Waals surface area contributed by atoms with E-state index < -0.39 is 11.9 Å². The van der Waals surface area contributed by atoms with Gasteiger partial charge >= 0.3 is 11.9 Å². The quantitative estimate of drug-likeness (QED) is 0.645. The van der Waals surface area contributed by atoms with E-state index in [0.29, 0.717) is 11.1 Å². The fourth-order valence-corrected chi connectivity index (χ4v) is 2.92. The van der Waals surface area contributed by atoms with Crippen molar-refractivity contribution < 1.29 is 19.1 Å². The number of hydrogen-bond donors (Lipinski definition) is 1. The highest BCUT2D eigenvalue weighted by atomic mass is 16.5. The summed E-state index contributed by atoms with van der Waals surface area (Å²) in [6.07, 6.45) is 1.49. The summed E-state index contributed by atoms with van der Waals surface area (Å²) in [4.78, 5) is 27.5. The molecule has 0 spiro atoms. The molecule has 2 aromatic carbocycles. The van der Waals surface area contributed by atoms with Crippen molar-refractivity contribution in [3.05, 3.63) is 72.1 Å². The Hall–Kier alpha value is -3.34. The Labute approximate surface area is 157 Å². The van der Waals surface area contributed by atoms with Crippen LogP contribution in [0.15, 0.2) is 60.8 Å². The van der Waals surface area contributed by atoms with Crippen LogP contribution in [0.3, 0.4) is 0 Å². The molecule has 1 heterocycles. The molecule has 0 radical (unpaired) electrons. The maximum Gasteiger partial charge on any atom is 0.355 e. The van der Waals surface area contributed by atoms with E-state index in [9.17, 15) is 9.59 Å². The average molecular weight is 363 g/mol. The summed E-state index contributed by atoms with van der Waals surface area (Å²) in [5.74, 6) is -0.985. The van der Waals surface area contributed by atoms with Gasteiger partial charge in [-0.05, 0) is 30.5 Å². The minimum absolute atomic E-state index is 0.243. The van der Waals surface area contributed by atoms with Crippen LogP contribution in [0.4, 0.5) is 0 Å². The van der Waals surface area contributed by atoms with Crippen molar-refractivity contribution in [2.24, 2.45) is 0 Å². The lowest BCUT2D eigenvalue weighted by Crippen LogP contribution is -2.09. The molecule has 0 aliphatic heterocycles. The molecule has 1 N–H and O–H groups in total. The topological polar surface area (TPSA) is 68.4 Å². The van der Waals surface area contributed by atoms with Crippen molar-refractivity contribution in [3.63, 3.8) is 0 Å². The van der Waals surface area contributed by atoms with E-state index in [1.54, 1.807) is 13.8 Å². The Morgan fingerprint density at radius 1 is 0.778 bits per heavy atom. The van der Waals surface area contributed by atoms with Crippen molar-refractivity contribution in [2.75, 3.05) is 13.2 Å². The van der Waals surface area contributed by atoms with Gasteiger partial charge in [0.1, 0.15) is 5.69 Å². The van der Waals surface area contributed by atoms with Crippen molar-refractivity contribution >= 4 is 11.9 Å². The smallest absolute Gasteiger partial charge is 0.355 e. The van der Waals surface area contributed by atoms with Crippen LogP contribution in [0.5, 0.6) is 0 Å². The first kappa shape index (κ1) is 18.5. The monoisotopic (exact) mass is 363 g/mol. The number of aromatic amines is 1. The summed E-state index contributed by atoms with van der Waals surface area (Å²) in [6, 6.07) is 17.7. The fourth-order valence-electron chi connectivity index (χ4n) is 2.92. The summed E-state index contributed by atoms with van der Waals surface area (Å²) in [7, 11) is 0. The molecule has 0 unspecified atom stereocenters. The molecule has 138 valence electrons. The highest BCUT2D eigenvalue weighted by molar-refractivity contribution is 6.05. The van der Waals surface area contributed by atoms with Crippen LogP contribution in [0, 0.1) is 0 Å². The standard InChI is InChI=1S/C22H21NO4/c1-3-26-21(24)18-14-23-20(22(25)27-4-2)19(18)17-12-10-16(11-13-17)15-8-6-5-7-9-15/h5-14,23H,3-4H2,1-2H3. The Morgan fingerprint density at radius 2 is 1.33 bits per heavy atom. The molecule has 0 aliphatic carbocycles. The van der Waals surface area contributed by atoms with Gasteiger partial charge in [-0.2, -0.15) is 0 Å². The molecule has 27 heavy (non-hydrogen) atoms. The van der Waals surface area contributed by atoms with Gasteiger partial charge in [0.15, 0.2) is 0 Å². The third-order valence-electron chi connectivity index (χ3n) is 4.14. The molecule has 0 saturated heterocycles. The lowest BCUT2D eigenvalue weighted by atomic mass is 9.98. The highest BCUT2D eigenvalue weighted by Crippen LogP contribution is 2.31. The third kappa shape index (κ3) is 3.92. The number of nitrogens with one attached hydrogen (secondary N) is 1. The summed E-state index contributed by atoms with van der Waals surface area (Å²) in [5.41, 5.74) is 3.92. The van der Waals surface area contributed by atoms with Gasteiger partial charge in [0, 0.05) is 11.8 Å². The molecule has 0 bridgehead atoms. The third-order valence-corrected chi connectivity index (χ3v) is 4.14. The summed E-state index contributed by atoms with van der Waals surface area (Å²) >= 11 is 0. The number of carbonyl (C=O) groups is 2. The predicted octanol–water partition coefficient (Wildman–Crippen LogP) is 4.70. The van der Waals surface area contributed by atoms with Crippen molar-refractivity contribution in [1.29, 1.82) is 0 Å². The van der Waals surface area contributed by atoms with Gasteiger partial charge < -0.3 is 14.5 Å². The Morgan fingerprint density at radius 3 is 1.96 bits per heavy atom. The van der Waals surface area contributed by atoms with Crippen LogP contribution in [-0.4, -0.2) is 30.1 Å². The minimum atomic E-state index is -0.504. The molecule has 1 aromatic heterocycles. The Kier molecular flexibility index (Phi) is 5.71. The number of benzene rings is 2. The Balaban J connectivity index is 2.04. The number of rotatable bonds is 6. The van der Waals surface area contributed by atoms with Crippen LogP contribution in [0.1, 0.15) is 34.7 Å². The van der Waals surface area contributed by atoms with Crippen LogP contribution in [0.25, 0.3) is 22.3 Å². The lowest BCUT2D eigenvalue weighted by molar-refractivity contribution is 0.0519. The van der Waals surface area contributed by atoms with E-state index in [1.165, 1.54) is 6.20 Å². The molecule has 0 atom stereocenters. The zero-order valence-corrected chi connectivity index (χ0v) is 15.3. The second-order valence-electron chi connectivity index (χ2n) is 5.84. The molecule has 0 fully saturated rings. The molecule has 3 aromatic rings. The molecule has 5 heteroatoms.